The average molecular weight is 301 g/mol. The van der Waals surface area contributed by atoms with E-state index in [1.54, 1.807) is 12.3 Å². The summed E-state index contributed by atoms with van der Waals surface area (Å²) in [6.07, 6.45) is 3.08. The summed E-state index contributed by atoms with van der Waals surface area (Å²) in [6, 6.07) is 10.8. The summed E-state index contributed by atoms with van der Waals surface area (Å²) in [6.45, 7) is 1.86. The number of furan rings is 1. The Bertz CT molecular complexity index is 784. The fourth-order valence-corrected chi connectivity index (χ4v) is 2.44. The van der Waals surface area contributed by atoms with Crippen LogP contribution in [0.3, 0.4) is 0 Å². The molecule has 1 amide bonds. The van der Waals surface area contributed by atoms with Gasteiger partial charge in [0.1, 0.15) is 10.9 Å². The van der Waals surface area contributed by atoms with Gasteiger partial charge in [-0.1, -0.05) is 35.9 Å². The Balaban J connectivity index is 1.93. The number of amides is 1. The van der Waals surface area contributed by atoms with Crippen molar-refractivity contribution in [2.45, 2.75) is 13.0 Å². The number of carbonyl (C=O) groups excluding carboxylic acids is 1. The van der Waals surface area contributed by atoms with Gasteiger partial charge in [-0.15, -0.1) is 0 Å². The molecule has 1 atom stereocenters. The number of nitrogens with one attached hydrogen (secondary N) is 1. The molecule has 0 bridgehead atoms. The number of benzene rings is 1. The van der Waals surface area contributed by atoms with Gasteiger partial charge in [0, 0.05) is 11.6 Å². The molecular formula is C16H13ClN2O2. The average Bonchev–Trinajstić information content (AvgIpc) is 3.02. The molecule has 0 aliphatic carbocycles. The van der Waals surface area contributed by atoms with Crippen molar-refractivity contribution in [3.63, 3.8) is 0 Å². The van der Waals surface area contributed by atoms with Crippen LogP contribution in [0.4, 0.5) is 0 Å². The highest BCUT2D eigenvalue weighted by Gasteiger charge is 2.16. The van der Waals surface area contributed by atoms with Crippen LogP contribution in [0.25, 0.3) is 10.8 Å². The number of hydrogen-bond donors (Lipinski definition) is 1. The summed E-state index contributed by atoms with van der Waals surface area (Å²) in [7, 11) is 0. The minimum atomic E-state index is -0.220. The second-order valence-corrected chi connectivity index (χ2v) is 5.08. The van der Waals surface area contributed by atoms with Gasteiger partial charge < -0.3 is 9.73 Å². The third kappa shape index (κ3) is 2.62. The Morgan fingerprint density at radius 2 is 2.00 bits per heavy atom. The molecule has 21 heavy (non-hydrogen) atoms. The molecule has 3 aromatic rings. The fraction of sp³-hybridized carbons (Fsp3) is 0.125. The molecule has 0 aliphatic heterocycles. The Morgan fingerprint density at radius 3 is 2.71 bits per heavy atom. The van der Waals surface area contributed by atoms with Crippen LogP contribution in [0.1, 0.15) is 29.1 Å². The summed E-state index contributed by atoms with van der Waals surface area (Å²) in [5.74, 6) is 0.494. The van der Waals surface area contributed by atoms with Crippen molar-refractivity contribution in [1.29, 1.82) is 0 Å². The van der Waals surface area contributed by atoms with E-state index in [0.717, 1.165) is 10.8 Å². The van der Waals surface area contributed by atoms with E-state index in [-0.39, 0.29) is 11.9 Å². The molecule has 1 unspecified atom stereocenters. The van der Waals surface area contributed by atoms with E-state index in [0.29, 0.717) is 16.5 Å². The third-order valence-corrected chi connectivity index (χ3v) is 3.61. The first-order valence-corrected chi connectivity index (χ1v) is 6.92. The van der Waals surface area contributed by atoms with Crippen LogP contribution in [-0.2, 0) is 0 Å². The van der Waals surface area contributed by atoms with Gasteiger partial charge in [0.2, 0.25) is 0 Å². The Hall–Kier alpha value is -2.33. The number of nitrogens with zero attached hydrogens (tertiary/aromatic N) is 1. The van der Waals surface area contributed by atoms with E-state index in [1.165, 1.54) is 6.20 Å². The van der Waals surface area contributed by atoms with Crippen molar-refractivity contribution in [2.24, 2.45) is 0 Å². The largest absolute Gasteiger partial charge is 0.467 e. The molecule has 0 aliphatic rings. The van der Waals surface area contributed by atoms with Crippen LogP contribution < -0.4 is 5.32 Å². The number of halogens is 1. The van der Waals surface area contributed by atoms with E-state index in [4.69, 9.17) is 16.0 Å². The zero-order valence-electron chi connectivity index (χ0n) is 11.3. The maximum Gasteiger partial charge on any atom is 0.254 e. The quantitative estimate of drug-likeness (QED) is 0.745. The van der Waals surface area contributed by atoms with Crippen molar-refractivity contribution < 1.29 is 9.21 Å². The van der Waals surface area contributed by atoms with Crippen LogP contribution in [0.15, 0.2) is 53.3 Å². The van der Waals surface area contributed by atoms with Crippen molar-refractivity contribution in [3.8, 4) is 0 Å². The molecule has 0 saturated heterocycles. The lowest BCUT2D eigenvalue weighted by Crippen LogP contribution is -2.26. The first-order valence-electron chi connectivity index (χ1n) is 6.54. The maximum atomic E-state index is 12.4. The highest BCUT2D eigenvalue weighted by atomic mass is 35.5. The molecular weight excluding hydrogens is 288 g/mol. The minimum absolute atomic E-state index is 0.209. The number of fused-ring (bicyclic) bond motifs is 1. The normalized spacial score (nSPS) is 12.3. The lowest BCUT2D eigenvalue weighted by molar-refractivity contribution is 0.0936. The molecule has 2 heterocycles. The predicted octanol–water partition coefficient (Wildman–Crippen LogP) is 3.97. The molecule has 106 valence electrons. The Kier molecular flexibility index (Phi) is 3.62. The van der Waals surface area contributed by atoms with Gasteiger partial charge in [-0.25, -0.2) is 4.98 Å². The van der Waals surface area contributed by atoms with E-state index >= 15 is 0 Å². The van der Waals surface area contributed by atoms with Crippen LogP contribution in [0.5, 0.6) is 0 Å². The first kappa shape index (κ1) is 13.6. The second kappa shape index (κ2) is 5.58. The number of carbonyl (C=O) groups is 1. The molecule has 5 heteroatoms. The monoisotopic (exact) mass is 300 g/mol. The summed E-state index contributed by atoms with van der Waals surface area (Å²) in [4.78, 5) is 16.5. The molecule has 1 aromatic carbocycles. The summed E-state index contributed by atoms with van der Waals surface area (Å²) in [5.41, 5.74) is 0.494. The van der Waals surface area contributed by atoms with Gasteiger partial charge in [-0.3, -0.25) is 4.79 Å². The third-order valence-electron chi connectivity index (χ3n) is 3.31. The molecule has 1 N–H and O–H groups in total. The molecule has 4 nitrogen and oxygen atoms in total. The zero-order valence-corrected chi connectivity index (χ0v) is 12.1. The fourth-order valence-electron chi connectivity index (χ4n) is 2.22. The SMILES string of the molecule is CC(NC(=O)c1cnc(Cl)c2ccccc12)c1ccco1. The molecule has 0 radical (unpaired) electrons. The smallest absolute Gasteiger partial charge is 0.254 e. The molecule has 2 aromatic heterocycles. The summed E-state index contributed by atoms with van der Waals surface area (Å²) in [5, 5.41) is 4.83. The highest BCUT2D eigenvalue weighted by Crippen LogP contribution is 2.24. The van der Waals surface area contributed by atoms with Gasteiger partial charge in [0.15, 0.2) is 0 Å². The molecule has 0 spiro atoms. The number of pyridine rings is 1. The minimum Gasteiger partial charge on any atom is -0.467 e. The van der Waals surface area contributed by atoms with E-state index in [2.05, 4.69) is 10.3 Å². The maximum absolute atomic E-state index is 12.4. The lowest BCUT2D eigenvalue weighted by atomic mass is 10.1. The zero-order chi connectivity index (χ0) is 14.8. The number of aromatic nitrogens is 1. The predicted molar refractivity (Wildman–Crippen MR) is 81.3 cm³/mol. The lowest BCUT2D eigenvalue weighted by Gasteiger charge is -2.13. The Morgan fingerprint density at radius 1 is 1.24 bits per heavy atom. The van der Waals surface area contributed by atoms with Crippen molar-refractivity contribution in [2.75, 3.05) is 0 Å². The van der Waals surface area contributed by atoms with Crippen LogP contribution in [0.2, 0.25) is 5.15 Å². The summed E-state index contributed by atoms with van der Waals surface area (Å²) >= 11 is 6.06. The van der Waals surface area contributed by atoms with Crippen LogP contribution in [-0.4, -0.2) is 10.9 Å². The second-order valence-electron chi connectivity index (χ2n) is 4.72. The van der Waals surface area contributed by atoms with E-state index in [1.807, 2.05) is 37.3 Å². The van der Waals surface area contributed by atoms with Gasteiger partial charge in [-0.05, 0) is 24.4 Å². The van der Waals surface area contributed by atoms with Crippen LogP contribution >= 0.6 is 11.6 Å². The standard InChI is InChI=1S/C16H13ClN2O2/c1-10(14-7-4-8-21-14)19-16(20)13-9-18-15(17)12-6-3-2-5-11(12)13/h2-10H,1H3,(H,19,20). The molecule has 0 saturated carbocycles. The van der Waals surface area contributed by atoms with Crippen molar-refractivity contribution in [1.82, 2.24) is 10.3 Å². The van der Waals surface area contributed by atoms with E-state index in [9.17, 15) is 4.79 Å². The van der Waals surface area contributed by atoms with Gasteiger partial charge in [0.05, 0.1) is 17.9 Å². The van der Waals surface area contributed by atoms with Gasteiger partial charge >= 0.3 is 0 Å². The summed E-state index contributed by atoms with van der Waals surface area (Å²) < 4.78 is 5.29. The van der Waals surface area contributed by atoms with E-state index < -0.39 is 0 Å². The number of hydrogen-bond acceptors (Lipinski definition) is 3. The topological polar surface area (TPSA) is 55.1 Å². The Labute approximate surface area is 126 Å². The number of rotatable bonds is 3. The molecule has 0 fully saturated rings. The first-order chi connectivity index (χ1) is 10.2. The highest BCUT2D eigenvalue weighted by molar-refractivity contribution is 6.34. The van der Waals surface area contributed by atoms with Crippen LogP contribution in [0, 0.1) is 0 Å². The molecule has 3 rings (SSSR count). The van der Waals surface area contributed by atoms with Gasteiger partial charge in [0.25, 0.3) is 5.91 Å². The van der Waals surface area contributed by atoms with Crippen molar-refractivity contribution >= 4 is 28.3 Å². The van der Waals surface area contributed by atoms with Gasteiger partial charge in [-0.2, -0.15) is 0 Å². The van der Waals surface area contributed by atoms with Crippen molar-refractivity contribution in [3.05, 3.63) is 65.3 Å².